The van der Waals surface area contributed by atoms with Gasteiger partial charge in [0, 0.05) is 14.9 Å². The standard InChI is InChI=1S/C11H10BrClO2/c12-9-2-1-7(13)5-8(9)11(3-4-11)6-10(14)15/h1-2,5H,3-4,6H2,(H,14,15). The summed E-state index contributed by atoms with van der Waals surface area (Å²) in [7, 11) is 0. The van der Waals surface area contributed by atoms with Crippen LogP contribution in [-0.4, -0.2) is 11.1 Å². The van der Waals surface area contributed by atoms with Gasteiger partial charge in [0.25, 0.3) is 0 Å². The van der Waals surface area contributed by atoms with E-state index in [1.54, 1.807) is 6.07 Å². The van der Waals surface area contributed by atoms with Crippen molar-refractivity contribution in [2.45, 2.75) is 24.7 Å². The first-order chi connectivity index (χ1) is 7.03. The molecule has 0 amide bonds. The summed E-state index contributed by atoms with van der Waals surface area (Å²) in [4.78, 5) is 10.8. The Balaban J connectivity index is 2.36. The molecule has 0 aromatic heterocycles. The maximum Gasteiger partial charge on any atom is 0.304 e. The Kier molecular flexibility index (Phi) is 2.77. The van der Waals surface area contributed by atoms with E-state index in [0.717, 1.165) is 22.9 Å². The van der Waals surface area contributed by atoms with Crippen molar-refractivity contribution in [1.82, 2.24) is 0 Å². The molecule has 1 aromatic carbocycles. The summed E-state index contributed by atoms with van der Waals surface area (Å²) >= 11 is 9.36. The predicted octanol–water partition coefficient (Wildman–Crippen LogP) is 3.61. The van der Waals surface area contributed by atoms with Gasteiger partial charge >= 0.3 is 5.97 Å². The van der Waals surface area contributed by atoms with Gasteiger partial charge in [0.1, 0.15) is 0 Å². The highest BCUT2D eigenvalue weighted by atomic mass is 79.9. The molecule has 0 spiro atoms. The Morgan fingerprint density at radius 2 is 2.20 bits per heavy atom. The lowest BCUT2D eigenvalue weighted by Crippen LogP contribution is -2.13. The van der Waals surface area contributed by atoms with Crippen LogP contribution in [0.5, 0.6) is 0 Å². The zero-order chi connectivity index (χ0) is 11.1. The molecule has 1 aliphatic carbocycles. The molecule has 15 heavy (non-hydrogen) atoms. The van der Waals surface area contributed by atoms with Crippen molar-refractivity contribution in [2.75, 3.05) is 0 Å². The Labute approximate surface area is 101 Å². The lowest BCUT2D eigenvalue weighted by Gasteiger charge is -2.15. The summed E-state index contributed by atoms with van der Waals surface area (Å²) in [6.07, 6.45) is 2.04. The first-order valence-electron chi connectivity index (χ1n) is 4.71. The predicted molar refractivity (Wildman–Crippen MR) is 62.3 cm³/mol. The fraction of sp³-hybridized carbons (Fsp3) is 0.364. The molecule has 2 nitrogen and oxygen atoms in total. The zero-order valence-electron chi connectivity index (χ0n) is 7.96. The largest absolute Gasteiger partial charge is 0.481 e. The summed E-state index contributed by atoms with van der Waals surface area (Å²) in [6.45, 7) is 0. The molecule has 0 bridgehead atoms. The number of rotatable bonds is 3. The number of benzene rings is 1. The van der Waals surface area contributed by atoms with E-state index in [0.29, 0.717) is 5.02 Å². The molecular weight excluding hydrogens is 279 g/mol. The Hall–Kier alpha value is -0.540. The van der Waals surface area contributed by atoms with Gasteiger partial charge in [-0.05, 0) is 36.6 Å². The van der Waals surface area contributed by atoms with Gasteiger partial charge in [0.15, 0.2) is 0 Å². The van der Waals surface area contributed by atoms with Crippen LogP contribution < -0.4 is 0 Å². The number of aliphatic carboxylic acids is 1. The van der Waals surface area contributed by atoms with E-state index in [2.05, 4.69) is 15.9 Å². The first-order valence-corrected chi connectivity index (χ1v) is 5.88. The lowest BCUT2D eigenvalue weighted by atomic mass is 9.92. The molecule has 80 valence electrons. The Morgan fingerprint density at radius 1 is 1.53 bits per heavy atom. The molecule has 1 N–H and O–H groups in total. The van der Waals surface area contributed by atoms with E-state index in [4.69, 9.17) is 16.7 Å². The van der Waals surface area contributed by atoms with Crippen LogP contribution in [0.25, 0.3) is 0 Å². The van der Waals surface area contributed by atoms with Crippen molar-refractivity contribution < 1.29 is 9.90 Å². The molecule has 1 aromatic rings. The van der Waals surface area contributed by atoms with Crippen LogP contribution in [-0.2, 0) is 10.2 Å². The monoisotopic (exact) mass is 288 g/mol. The van der Waals surface area contributed by atoms with E-state index >= 15 is 0 Å². The fourth-order valence-electron chi connectivity index (χ4n) is 1.89. The average Bonchev–Trinajstić information content (AvgIpc) is 2.89. The van der Waals surface area contributed by atoms with Crippen molar-refractivity contribution in [3.8, 4) is 0 Å². The molecular formula is C11H10BrClO2. The Morgan fingerprint density at radius 3 is 2.73 bits per heavy atom. The van der Waals surface area contributed by atoms with Crippen LogP contribution in [0.2, 0.25) is 5.02 Å². The van der Waals surface area contributed by atoms with Crippen LogP contribution >= 0.6 is 27.5 Å². The maximum atomic E-state index is 10.8. The van der Waals surface area contributed by atoms with Crippen molar-refractivity contribution in [3.63, 3.8) is 0 Å². The van der Waals surface area contributed by atoms with E-state index in [1.165, 1.54) is 0 Å². The molecule has 1 saturated carbocycles. The van der Waals surface area contributed by atoms with Gasteiger partial charge in [-0.25, -0.2) is 0 Å². The van der Waals surface area contributed by atoms with Gasteiger partial charge in [-0.1, -0.05) is 27.5 Å². The molecule has 0 aliphatic heterocycles. The third-order valence-corrected chi connectivity index (χ3v) is 3.77. The van der Waals surface area contributed by atoms with Crippen LogP contribution in [0, 0.1) is 0 Å². The topological polar surface area (TPSA) is 37.3 Å². The van der Waals surface area contributed by atoms with Crippen molar-refractivity contribution >= 4 is 33.5 Å². The number of hydrogen-bond donors (Lipinski definition) is 1. The van der Waals surface area contributed by atoms with Gasteiger partial charge < -0.3 is 5.11 Å². The number of carboxylic acid groups (broad SMARTS) is 1. The van der Waals surface area contributed by atoms with Gasteiger partial charge in [-0.15, -0.1) is 0 Å². The molecule has 0 radical (unpaired) electrons. The molecule has 2 rings (SSSR count). The highest BCUT2D eigenvalue weighted by Gasteiger charge is 2.47. The molecule has 0 atom stereocenters. The Bertz CT molecular complexity index is 413. The van der Waals surface area contributed by atoms with E-state index in [-0.39, 0.29) is 11.8 Å². The summed E-state index contributed by atoms with van der Waals surface area (Å²) in [5, 5.41) is 9.52. The normalized spacial score (nSPS) is 17.5. The van der Waals surface area contributed by atoms with Crippen LogP contribution in [0.4, 0.5) is 0 Å². The minimum atomic E-state index is -0.751. The van der Waals surface area contributed by atoms with E-state index < -0.39 is 5.97 Å². The third kappa shape index (κ3) is 2.18. The maximum absolute atomic E-state index is 10.8. The second kappa shape index (κ2) is 3.80. The molecule has 1 aliphatic rings. The zero-order valence-corrected chi connectivity index (χ0v) is 10.3. The molecule has 0 unspecified atom stereocenters. The number of hydrogen-bond acceptors (Lipinski definition) is 1. The lowest BCUT2D eigenvalue weighted by molar-refractivity contribution is -0.137. The fourth-order valence-corrected chi connectivity index (χ4v) is 2.72. The van der Waals surface area contributed by atoms with Gasteiger partial charge in [0.2, 0.25) is 0 Å². The van der Waals surface area contributed by atoms with E-state index in [9.17, 15) is 4.79 Å². The van der Waals surface area contributed by atoms with Crippen molar-refractivity contribution in [3.05, 3.63) is 33.3 Å². The summed E-state index contributed by atoms with van der Waals surface area (Å²) in [5.74, 6) is -0.751. The number of halogens is 2. The molecule has 0 saturated heterocycles. The number of carbonyl (C=O) groups is 1. The summed E-state index contributed by atoms with van der Waals surface area (Å²) in [5.41, 5.74) is 0.840. The van der Waals surface area contributed by atoms with Gasteiger partial charge in [-0.2, -0.15) is 0 Å². The van der Waals surface area contributed by atoms with E-state index in [1.807, 2.05) is 12.1 Å². The highest BCUT2D eigenvalue weighted by Crippen LogP contribution is 2.53. The minimum Gasteiger partial charge on any atom is -0.481 e. The third-order valence-electron chi connectivity index (χ3n) is 2.84. The SMILES string of the molecule is O=C(O)CC1(c2cc(Cl)ccc2Br)CC1. The van der Waals surface area contributed by atoms with Crippen molar-refractivity contribution in [1.29, 1.82) is 0 Å². The quantitative estimate of drug-likeness (QED) is 0.923. The highest BCUT2D eigenvalue weighted by molar-refractivity contribution is 9.10. The van der Waals surface area contributed by atoms with Gasteiger partial charge in [0.05, 0.1) is 6.42 Å². The molecule has 0 heterocycles. The van der Waals surface area contributed by atoms with Crippen molar-refractivity contribution in [2.24, 2.45) is 0 Å². The second-order valence-electron chi connectivity index (χ2n) is 3.98. The van der Waals surface area contributed by atoms with Crippen LogP contribution in [0.1, 0.15) is 24.8 Å². The van der Waals surface area contributed by atoms with Crippen LogP contribution in [0.15, 0.2) is 22.7 Å². The second-order valence-corrected chi connectivity index (χ2v) is 5.27. The molecule has 1 fully saturated rings. The number of carboxylic acids is 1. The smallest absolute Gasteiger partial charge is 0.304 e. The molecule has 4 heteroatoms. The first kappa shape index (κ1) is 11.0. The summed E-state index contributed by atoms with van der Waals surface area (Å²) < 4.78 is 0.950. The van der Waals surface area contributed by atoms with Gasteiger partial charge in [-0.3, -0.25) is 4.79 Å². The minimum absolute atomic E-state index is 0.185. The average molecular weight is 290 g/mol. The summed E-state index contributed by atoms with van der Waals surface area (Å²) in [6, 6.07) is 5.53. The van der Waals surface area contributed by atoms with Crippen LogP contribution in [0.3, 0.4) is 0 Å².